The quantitative estimate of drug-likeness (QED) is 0.136. The molecular weight excluding hydrogens is 516 g/mol. The molecule has 1 aliphatic carbocycles. The number of fused-ring (bicyclic) bond motifs is 1. The minimum atomic E-state index is -0.372. The van der Waals surface area contributed by atoms with Crippen LogP contribution in [-0.2, 0) is 31.7 Å². The highest BCUT2D eigenvalue weighted by Crippen LogP contribution is 2.50. The fourth-order valence-corrected chi connectivity index (χ4v) is 5.33. The zero-order valence-corrected chi connectivity index (χ0v) is 25.3. The Balaban J connectivity index is 1.82. The van der Waals surface area contributed by atoms with Crippen LogP contribution in [0.2, 0.25) is 0 Å². The van der Waals surface area contributed by atoms with Crippen molar-refractivity contribution in [1.82, 2.24) is 0 Å². The third-order valence-electron chi connectivity index (χ3n) is 7.80. The van der Waals surface area contributed by atoms with Crippen molar-refractivity contribution in [2.75, 3.05) is 27.6 Å². The van der Waals surface area contributed by atoms with E-state index in [0.717, 1.165) is 52.3 Å². The van der Waals surface area contributed by atoms with E-state index < -0.39 is 0 Å². The number of carbonyl (C=O) groups excluding carboxylic acids is 1. The van der Waals surface area contributed by atoms with Crippen LogP contribution >= 0.6 is 0 Å². The highest BCUT2D eigenvalue weighted by atomic mass is 16.7. The Hall–Kier alpha value is -3.77. The van der Waals surface area contributed by atoms with E-state index in [1.54, 1.807) is 27.2 Å². The third kappa shape index (κ3) is 7.12. The van der Waals surface area contributed by atoms with Gasteiger partial charge in [-0.05, 0) is 95.3 Å². The molecule has 218 valence electrons. The lowest BCUT2D eigenvalue weighted by atomic mass is 9.62. The van der Waals surface area contributed by atoms with Crippen molar-refractivity contribution in [2.24, 2.45) is 0 Å². The van der Waals surface area contributed by atoms with Crippen LogP contribution in [-0.4, -0.2) is 33.6 Å². The van der Waals surface area contributed by atoms with Gasteiger partial charge in [0.25, 0.3) is 0 Å². The molecular formula is C35H42O6. The Bertz CT molecular complexity index is 1400. The van der Waals surface area contributed by atoms with Gasteiger partial charge in [0.05, 0.1) is 13.7 Å². The highest BCUT2D eigenvalue weighted by molar-refractivity contribution is 5.88. The SMILES string of the molecule is CCOC(=O)/C=C/c1ccc(OC)c(-c2cc3c(cc2OCc2cccc(OCOC)c2)C(C)(C)CCC3(C)C)c1. The molecule has 4 rings (SSSR count). The van der Waals surface area contributed by atoms with Crippen molar-refractivity contribution < 1.29 is 28.5 Å². The molecule has 0 atom stereocenters. The molecule has 0 radical (unpaired) electrons. The van der Waals surface area contributed by atoms with Crippen molar-refractivity contribution >= 4 is 12.0 Å². The van der Waals surface area contributed by atoms with Gasteiger partial charge in [0.15, 0.2) is 6.79 Å². The maximum Gasteiger partial charge on any atom is 0.330 e. The Labute approximate surface area is 244 Å². The van der Waals surface area contributed by atoms with Crippen LogP contribution in [0.4, 0.5) is 0 Å². The zero-order chi connectivity index (χ0) is 29.6. The summed E-state index contributed by atoms with van der Waals surface area (Å²) in [5.41, 5.74) is 6.35. The first kappa shape index (κ1) is 30.2. The van der Waals surface area contributed by atoms with Crippen LogP contribution in [0, 0.1) is 0 Å². The van der Waals surface area contributed by atoms with Gasteiger partial charge in [-0.15, -0.1) is 0 Å². The second-order valence-electron chi connectivity index (χ2n) is 11.7. The average molecular weight is 559 g/mol. The Kier molecular flexibility index (Phi) is 9.44. The first-order chi connectivity index (χ1) is 19.6. The van der Waals surface area contributed by atoms with E-state index in [-0.39, 0.29) is 23.6 Å². The molecule has 3 aromatic rings. The molecule has 0 aromatic heterocycles. The monoisotopic (exact) mass is 558 g/mol. The molecule has 0 spiro atoms. The Morgan fingerprint density at radius 2 is 1.56 bits per heavy atom. The van der Waals surface area contributed by atoms with Gasteiger partial charge < -0.3 is 23.7 Å². The molecule has 0 fully saturated rings. The highest BCUT2D eigenvalue weighted by Gasteiger charge is 2.38. The van der Waals surface area contributed by atoms with Gasteiger partial charge in [-0.3, -0.25) is 0 Å². The second kappa shape index (κ2) is 12.8. The molecule has 0 unspecified atom stereocenters. The van der Waals surface area contributed by atoms with Crippen molar-refractivity contribution in [2.45, 2.75) is 64.9 Å². The maximum atomic E-state index is 12.0. The van der Waals surface area contributed by atoms with Crippen LogP contribution in [0.3, 0.4) is 0 Å². The van der Waals surface area contributed by atoms with Gasteiger partial charge in [-0.25, -0.2) is 4.79 Å². The minimum absolute atomic E-state index is 0.0137. The number of benzene rings is 3. The van der Waals surface area contributed by atoms with E-state index in [4.69, 9.17) is 23.7 Å². The fraction of sp³-hybridized carbons (Fsp3) is 0.400. The Morgan fingerprint density at radius 1 is 0.854 bits per heavy atom. The molecule has 3 aromatic carbocycles. The van der Waals surface area contributed by atoms with Crippen molar-refractivity contribution in [1.29, 1.82) is 0 Å². The smallest absolute Gasteiger partial charge is 0.330 e. The van der Waals surface area contributed by atoms with Gasteiger partial charge in [0.2, 0.25) is 0 Å². The van der Waals surface area contributed by atoms with Crippen molar-refractivity contribution in [3.05, 3.63) is 82.9 Å². The first-order valence-corrected chi connectivity index (χ1v) is 14.1. The molecule has 0 saturated heterocycles. The molecule has 0 N–H and O–H groups in total. The number of ether oxygens (including phenoxy) is 5. The lowest BCUT2D eigenvalue weighted by Crippen LogP contribution is -2.33. The Morgan fingerprint density at radius 3 is 2.24 bits per heavy atom. The summed E-state index contributed by atoms with van der Waals surface area (Å²) in [6.45, 7) is 11.9. The summed E-state index contributed by atoms with van der Waals surface area (Å²) in [4.78, 5) is 12.0. The number of hydrogen-bond acceptors (Lipinski definition) is 6. The summed E-state index contributed by atoms with van der Waals surface area (Å²) in [5.74, 6) is 1.86. The molecule has 0 amide bonds. The summed E-state index contributed by atoms with van der Waals surface area (Å²) >= 11 is 0. The molecule has 6 heteroatoms. The van der Waals surface area contributed by atoms with Crippen LogP contribution in [0.25, 0.3) is 17.2 Å². The van der Waals surface area contributed by atoms with Crippen molar-refractivity contribution in [3.63, 3.8) is 0 Å². The molecule has 41 heavy (non-hydrogen) atoms. The minimum Gasteiger partial charge on any atom is -0.496 e. The third-order valence-corrected chi connectivity index (χ3v) is 7.80. The summed E-state index contributed by atoms with van der Waals surface area (Å²) in [7, 11) is 3.27. The number of hydrogen-bond donors (Lipinski definition) is 0. The summed E-state index contributed by atoms with van der Waals surface area (Å²) in [5, 5.41) is 0. The molecule has 0 bridgehead atoms. The van der Waals surface area contributed by atoms with Crippen LogP contribution < -0.4 is 14.2 Å². The van der Waals surface area contributed by atoms with Gasteiger partial charge in [-0.2, -0.15) is 0 Å². The lowest BCUT2D eigenvalue weighted by Gasteiger charge is -2.42. The topological polar surface area (TPSA) is 63.2 Å². The van der Waals surface area contributed by atoms with Crippen LogP contribution in [0.5, 0.6) is 17.2 Å². The van der Waals surface area contributed by atoms with Gasteiger partial charge in [0, 0.05) is 24.3 Å². The molecule has 0 heterocycles. The summed E-state index contributed by atoms with van der Waals surface area (Å²) < 4.78 is 28.2. The first-order valence-electron chi connectivity index (χ1n) is 14.1. The van der Waals surface area contributed by atoms with E-state index in [2.05, 4.69) is 39.8 Å². The van der Waals surface area contributed by atoms with E-state index in [9.17, 15) is 4.79 Å². The summed E-state index contributed by atoms with van der Waals surface area (Å²) in [6.07, 6.45) is 5.41. The predicted molar refractivity (Wildman–Crippen MR) is 163 cm³/mol. The molecule has 0 aliphatic heterocycles. The fourth-order valence-electron chi connectivity index (χ4n) is 5.33. The number of rotatable bonds is 11. The largest absolute Gasteiger partial charge is 0.496 e. The summed E-state index contributed by atoms with van der Waals surface area (Å²) in [6, 6.07) is 18.2. The van der Waals surface area contributed by atoms with Crippen molar-refractivity contribution in [3.8, 4) is 28.4 Å². The van der Waals surface area contributed by atoms with Gasteiger partial charge in [0.1, 0.15) is 23.9 Å². The molecule has 6 nitrogen and oxygen atoms in total. The zero-order valence-electron chi connectivity index (χ0n) is 25.3. The average Bonchev–Trinajstić information content (AvgIpc) is 2.96. The predicted octanol–water partition coefficient (Wildman–Crippen LogP) is 7.85. The molecule has 1 aliphatic rings. The van der Waals surface area contributed by atoms with E-state index in [0.29, 0.717) is 13.2 Å². The van der Waals surface area contributed by atoms with Crippen LogP contribution in [0.1, 0.15) is 69.7 Å². The number of carbonyl (C=O) groups is 1. The standard InChI is InChI=1S/C35H42O6/c1-8-39-33(36)15-13-24-12-14-31(38-7)27(19-24)28-20-29-30(35(4,5)17-16-34(29,2)3)21-32(28)40-22-25-10-9-11-26(18-25)41-23-37-6/h9-15,18-21H,8,16-17,22-23H2,1-7H3/b15-13+. The maximum absolute atomic E-state index is 12.0. The lowest BCUT2D eigenvalue weighted by molar-refractivity contribution is -0.137. The normalized spacial score (nSPS) is 15.3. The number of methoxy groups -OCH3 is 2. The van der Waals surface area contributed by atoms with Crippen LogP contribution in [0.15, 0.2) is 60.7 Å². The van der Waals surface area contributed by atoms with Gasteiger partial charge in [-0.1, -0.05) is 45.9 Å². The van der Waals surface area contributed by atoms with E-state index >= 15 is 0 Å². The van der Waals surface area contributed by atoms with E-state index in [1.165, 1.54) is 17.2 Å². The van der Waals surface area contributed by atoms with E-state index in [1.807, 2.05) is 42.5 Å². The number of esters is 1. The van der Waals surface area contributed by atoms with Gasteiger partial charge >= 0.3 is 5.97 Å². The second-order valence-corrected chi connectivity index (χ2v) is 11.7. The molecule has 0 saturated carbocycles.